The van der Waals surface area contributed by atoms with Crippen molar-refractivity contribution in [2.75, 3.05) is 13.2 Å². The number of hydrogen-bond acceptors (Lipinski definition) is 6. The van der Waals surface area contributed by atoms with Crippen LogP contribution in [0.15, 0.2) is 0 Å². The van der Waals surface area contributed by atoms with Gasteiger partial charge in [0.25, 0.3) is 0 Å². The highest BCUT2D eigenvalue weighted by Gasteiger charge is 2.19. The van der Waals surface area contributed by atoms with Crippen molar-refractivity contribution in [2.24, 2.45) is 17.8 Å². The third-order valence-corrected chi connectivity index (χ3v) is 15.5. The van der Waals surface area contributed by atoms with Gasteiger partial charge in [0.1, 0.15) is 13.2 Å². The molecule has 6 heteroatoms. The molecule has 428 valence electrons. The second-order valence-corrected chi connectivity index (χ2v) is 24.0. The van der Waals surface area contributed by atoms with Crippen molar-refractivity contribution >= 4 is 17.9 Å². The van der Waals surface area contributed by atoms with Gasteiger partial charge in [-0.3, -0.25) is 14.4 Å². The summed E-state index contributed by atoms with van der Waals surface area (Å²) in [4.78, 5) is 38.3. The molecule has 0 aromatic carbocycles. The van der Waals surface area contributed by atoms with Crippen molar-refractivity contribution in [3.8, 4) is 0 Å². The Bertz CT molecular complexity index is 1120. The lowest BCUT2D eigenvalue weighted by Gasteiger charge is -2.18. The van der Waals surface area contributed by atoms with Crippen LogP contribution in [-0.4, -0.2) is 37.2 Å². The SMILES string of the molecule is CCC(C)CCCCCCCCCCCCCCCCCCCCC(=O)OC[C@@H](COC(=O)CCCCCCCCCCC(C)C)OC(=O)CCCCCCCCCCCCCCCCCCCCC(C)C. The largest absolute Gasteiger partial charge is 0.462 e. The van der Waals surface area contributed by atoms with Gasteiger partial charge >= 0.3 is 17.9 Å². The van der Waals surface area contributed by atoms with E-state index in [0.29, 0.717) is 19.3 Å². The maximum atomic E-state index is 12.9. The summed E-state index contributed by atoms with van der Waals surface area (Å²) in [5.41, 5.74) is 0. The maximum absolute atomic E-state index is 12.9. The molecule has 0 saturated heterocycles. The molecule has 0 fully saturated rings. The van der Waals surface area contributed by atoms with E-state index in [-0.39, 0.29) is 31.1 Å². The van der Waals surface area contributed by atoms with Gasteiger partial charge in [-0.1, -0.05) is 330 Å². The molecular formula is C66H128O6. The summed E-state index contributed by atoms with van der Waals surface area (Å²) < 4.78 is 16.9. The molecule has 6 nitrogen and oxygen atoms in total. The van der Waals surface area contributed by atoms with E-state index in [1.54, 1.807) is 0 Å². The van der Waals surface area contributed by atoms with Gasteiger partial charge in [0.15, 0.2) is 6.10 Å². The van der Waals surface area contributed by atoms with Crippen LogP contribution in [-0.2, 0) is 28.6 Å². The van der Waals surface area contributed by atoms with Gasteiger partial charge in [-0.25, -0.2) is 0 Å². The van der Waals surface area contributed by atoms with Crippen molar-refractivity contribution in [1.82, 2.24) is 0 Å². The van der Waals surface area contributed by atoms with Crippen LogP contribution in [0.2, 0.25) is 0 Å². The Balaban J connectivity index is 4.20. The van der Waals surface area contributed by atoms with E-state index in [2.05, 4.69) is 41.5 Å². The molecule has 0 aliphatic heterocycles. The van der Waals surface area contributed by atoms with Gasteiger partial charge in [0, 0.05) is 19.3 Å². The number of esters is 3. The lowest BCUT2D eigenvalue weighted by Crippen LogP contribution is -2.30. The molecule has 0 aromatic heterocycles. The smallest absolute Gasteiger partial charge is 0.306 e. The van der Waals surface area contributed by atoms with Crippen LogP contribution in [0.4, 0.5) is 0 Å². The Morgan fingerprint density at radius 2 is 0.486 bits per heavy atom. The summed E-state index contributed by atoms with van der Waals surface area (Å²) in [5.74, 6) is 1.73. The lowest BCUT2D eigenvalue weighted by molar-refractivity contribution is -0.167. The molecule has 0 rings (SSSR count). The number of carbonyl (C=O) groups excluding carboxylic acids is 3. The fraction of sp³-hybridized carbons (Fsp3) is 0.955. The minimum absolute atomic E-state index is 0.0630. The zero-order chi connectivity index (χ0) is 52.6. The first-order chi connectivity index (χ1) is 35.1. The van der Waals surface area contributed by atoms with Crippen LogP contribution in [0.5, 0.6) is 0 Å². The molecule has 72 heavy (non-hydrogen) atoms. The number of ether oxygens (including phenoxy) is 3. The molecule has 0 N–H and O–H groups in total. The summed E-state index contributed by atoms with van der Waals surface area (Å²) in [6.07, 6.45) is 62.6. The van der Waals surface area contributed by atoms with Gasteiger partial charge in [-0.2, -0.15) is 0 Å². The molecule has 0 saturated carbocycles. The van der Waals surface area contributed by atoms with Gasteiger partial charge in [-0.15, -0.1) is 0 Å². The zero-order valence-corrected chi connectivity index (χ0v) is 49.7. The third kappa shape index (κ3) is 57.7. The van der Waals surface area contributed by atoms with E-state index in [1.807, 2.05) is 0 Å². The Labute approximate surface area is 450 Å². The Morgan fingerprint density at radius 1 is 0.278 bits per heavy atom. The standard InChI is InChI=1S/C66H128O6/c1-7-62(6)54-48-42-36-29-25-21-17-13-9-11-14-18-22-26-30-37-43-49-55-64(67)70-58-63(59-71-65(68)56-50-44-38-33-32-35-41-47-53-61(4)5)72-66(69)57-51-45-39-31-27-23-19-15-10-8-12-16-20-24-28-34-40-46-52-60(2)3/h60-63H,7-59H2,1-6H3/t62?,63-/m0/s1. The van der Waals surface area contributed by atoms with Crippen molar-refractivity contribution in [3.63, 3.8) is 0 Å². The Morgan fingerprint density at radius 3 is 0.722 bits per heavy atom. The summed E-state index contributed by atoms with van der Waals surface area (Å²) in [6, 6.07) is 0. The summed E-state index contributed by atoms with van der Waals surface area (Å²) in [5, 5.41) is 0. The number of carbonyl (C=O) groups is 3. The van der Waals surface area contributed by atoms with Crippen LogP contribution in [0.3, 0.4) is 0 Å². The average molecular weight is 1020 g/mol. The summed E-state index contributed by atoms with van der Waals surface area (Å²) >= 11 is 0. The molecule has 0 radical (unpaired) electrons. The Kier molecular flexibility index (Phi) is 55.9. The van der Waals surface area contributed by atoms with Crippen LogP contribution in [0.25, 0.3) is 0 Å². The van der Waals surface area contributed by atoms with Gasteiger partial charge in [0.05, 0.1) is 0 Å². The van der Waals surface area contributed by atoms with E-state index in [9.17, 15) is 14.4 Å². The van der Waals surface area contributed by atoms with E-state index in [1.165, 1.54) is 250 Å². The van der Waals surface area contributed by atoms with Crippen molar-refractivity contribution in [2.45, 2.75) is 375 Å². The minimum atomic E-state index is -0.765. The molecule has 0 bridgehead atoms. The van der Waals surface area contributed by atoms with Crippen LogP contribution in [0.1, 0.15) is 369 Å². The predicted molar refractivity (Wildman–Crippen MR) is 312 cm³/mol. The van der Waals surface area contributed by atoms with Gasteiger partial charge < -0.3 is 14.2 Å². The fourth-order valence-corrected chi connectivity index (χ4v) is 10.2. The highest BCUT2D eigenvalue weighted by Crippen LogP contribution is 2.20. The average Bonchev–Trinajstić information content (AvgIpc) is 3.36. The highest BCUT2D eigenvalue weighted by atomic mass is 16.6. The zero-order valence-electron chi connectivity index (χ0n) is 49.7. The maximum Gasteiger partial charge on any atom is 0.306 e. The van der Waals surface area contributed by atoms with Crippen LogP contribution < -0.4 is 0 Å². The van der Waals surface area contributed by atoms with E-state index >= 15 is 0 Å². The van der Waals surface area contributed by atoms with Crippen LogP contribution >= 0.6 is 0 Å². The van der Waals surface area contributed by atoms with Crippen molar-refractivity contribution in [3.05, 3.63) is 0 Å². The van der Waals surface area contributed by atoms with Gasteiger partial charge in [-0.05, 0) is 37.0 Å². The summed E-state index contributed by atoms with van der Waals surface area (Å²) in [6.45, 7) is 13.8. The first kappa shape index (κ1) is 70.4. The van der Waals surface area contributed by atoms with E-state index < -0.39 is 6.10 Å². The second kappa shape index (κ2) is 57.1. The first-order valence-corrected chi connectivity index (χ1v) is 32.6. The predicted octanol–water partition coefficient (Wildman–Crippen LogP) is 21.8. The minimum Gasteiger partial charge on any atom is -0.462 e. The molecule has 0 heterocycles. The molecule has 1 unspecified atom stereocenters. The first-order valence-electron chi connectivity index (χ1n) is 32.6. The molecule has 0 spiro atoms. The number of hydrogen-bond donors (Lipinski definition) is 0. The monoisotopic (exact) mass is 1020 g/mol. The highest BCUT2D eigenvalue weighted by molar-refractivity contribution is 5.71. The summed E-state index contributed by atoms with van der Waals surface area (Å²) in [7, 11) is 0. The van der Waals surface area contributed by atoms with Crippen molar-refractivity contribution < 1.29 is 28.6 Å². The van der Waals surface area contributed by atoms with Gasteiger partial charge in [0.2, 0.25) is 0 Å². The molecular weight excluding hydrogens is 889 g/mol. The van der Waals surface area contributed by atoms with E-state index in [4.69, 9.17) is 14.2 Å². The number of unbranched alkanes of at least 4 members (excludes halogenated alkanes) is 41. The second-order valence-electron chi connectivity index (χ2n) is 24.0. The van der Waals surface area contributed by atoms with Crippen molar-refractivity contribution in [1.29, 1.82) is 0 Å². The third-order valence-electron chi connectivity index (χ3n) is 15.5. The lowest BCUT2D eigenvalue weighted by atomic mass is 9.99. The molecule has 0 aliphatic carbocycles. The Hall–Kier alpha value is -1.59. The quantitative estimate of drug-likeness (QED) is 0.0343. The normalized spacial score (nSPS) is 12.5. The fourth-order valence-electron chi connectivity index (χ4n) is 10.2. The topological polar surface area (TPSA) is 78.9 Å². The van der Waals surface area contributed by atoms with Crippen LogP contribution in [0, 0.1) is 17.8 Å². The molecule has 0 aromatic rings. The molecule has 0 amide bonds. The molecule has 2 atom stereocenters. The van der Waals surface area contributed by atoms with E-state index in [0.717, 1.165) is 75.5 Å². The number of rotatable bonds is 59. The molecule has 0 aliphatic rings.